The van der Waals surface area contributed by atoms with Crippen LogP contribution in [0.25, 0.3) is 0 Å². The minimum Gasteiger partial charge on any atom is -0.371 e. The second kappa shape index (κ2) is 6.76. The second-order valence-corrected chi connectivity index (χ2v) is 6.75. The minimum absolute atomic E-state index is 0.682. The van der Waals surface area contributed by atoms with Crippen molar-refractivity contribution in [3.05, 3.63) is 28.2 Å². The number of hydrogen-bond donors (Lipinski definition) is 1. The third-order valence-electron chi connectivity index (χ3n) is 4.37. The molecule has 0 saturated heterocycles. The zero-order chi connectivity index (χ0) is 13.8. The van der Waals surface area contributed by atoms with Crippen LogP contribution in [0, 0.1) is 5.92 Å². The van der Waals surface area contributed by atoms with Gasteiger partial charge in [0.1, 0.15) is 0 Å². The molecule has 1 aliphatic carbocycles. The lowest BCUT2D eigenvalue weighted by molar-refractivity contribution is 0.340. The first-order valence-electron chi connectivity index (χ1n) is 7.33. The van der Waals surface area contributed by atoms with E-state index in [1.165, 1.54) is 36.9 Å². The predicted molar refractivity (Wildman–Crippen MR) is 86.7 cm³/mol. The molecule has 106 valence electrons. The van der Waals surface area contributed by atoms with Crippen LogP contribution in [0.1, 0.15) is 38.2 Å². The quantitative estimate of drug-likeness (QED) is 0.908. The smallest absolute Gasteiger partial charge is 0.0410 e. The largest absolute Gasteiger partial charge is 0.371 e. The highest BCUT2D eigenvalue weighted by molar-refractivity contribution is 9.10. The summed E-state index contributed by atoms with van der Waals surface area (Å²) < 4.78 is 1.15. The molecule has 19 heavy (non-hydrogen) atoms. The van der Waals surface area contributed by atoms with E-state index in [4.69, 9.17) is 5.73 Å². The summed E-state index contributed by atoms with van der Waals surface area (Å²) in [6.45, 7) is 3.08. The van der Waals surface area contributed by atoms with E-state index in [0.717, 1.165) is 16.8 Å². The van der Waals surface area contributed by atoms with Crippen molar-refractivity contribution in [2.75, 3.05) is 18.5 Å². The number of nitrogens with zero attached hydrogens (tertiary/aromatic N) is 1. The van der Waals surface area contributed by atoms with Crippen LogP contribution < -0.4 is 10.6 Å². The first-order valence-corrected chi connectivity index (χ1v) is 8.12. The van der Waals surface area contributed by atoms with Crippen LogP contribution in [0.5, 0.6) is 0 Å². The molecule has 3 heteroatoms. The Morgan fingerprint density at radius 2 is 1.95 bits per heavy atom. The third-order valence-corrected chi connectivity index (χ3v) is 4.87. The monoisotopic (exact) mass is 324 g/mol. The maximum Gasteiger partial charge on any atom is 0.0410 e. The summed E-state index contributed by atoms with van der Waals surface area (Å²) in [4.78, 5) is 2.47. The maximum atomic E-state index is 5.73. The van der Waals surface area contributed by atoms with Gasteiger partial charge < -0.3 is 10.6 Å². The van der Waals surface area contributed by atoms with Crippen molar-refractivity contribution in [3.8, 4) is 0 Å². The molecule has 0 heterocycles. The maximum absolute atomic E-state index is 5.73. The SMILES string of the molecule is CC1CCC(N(C)c2cc(Br)ccc2CCN)CC1. The Kier molecular flexibility index (Phi) is 5.28. The van der Waals surface area contributed by atoms with Gasteiger partial charge in [-0.05, 0) is 62.3 Å². The third kappa shape index (κ3) is 3.73. The fourth-order valence-corrected chi connectivity index (χ4v) is 3.41. The molecule has 2 rings (SSSR count). The van der Waals surface area contributed by atoms with Gasteiger partial charge in [-0.2, -0.15) is 0 Å². The second-order valence-electron chi connectivity index (χ2n) is 5.84. The number of anilines is 1. The Balaban J connectivity index is 2.17. The van der Waals surface area contributed by atoms with Crippen molar-refractivity contribution in [2.45, 2.75) is 45.1 Å². The lowest BCUT2D eigenvalue weighted by Gasteiger charge is -2.36. The van der Waals surface area contributed by atoms with E-state index in [1.807, 2.05) is 0 Å². The highest BCUT2D eigenvalue weighted by Crippen LogP contribution is 2.32. The molecule has 0 aromatic heterocycles. The van der Waals surface area contributed by atoms with E-state index in [9.17, 15) is 0 Å². The van der Waals surface area contributed by atoms with Gasteiger partial charge in [-0.1, -0.05) is 28.9 Å². The molecule has 2 N–H and O–H groups in total. The van der Waals surface area contributed by atoms with Gasteiger partial charge in [-0.25, -0.2) is 0 Å². The zero-order valence-electron chi connectivity index (χ0n) is 12.0. The molecule has 0 unspecified atom stereocenters. The first-order chi connectivity index (χ1) is 9.11. The van der Waals surface area contributed by atoms with Gasteiger partial charge >= 0.3 is 0 Å². The Labute approximate surface area is 125 Å². The molecule has 0 aliphatic heterocycles. The van der Waals surface area contributed by atoms with Crippen molar-refractivity contribution < 1.29 is 0 Å². The molecule has 1 aromatic carbocycles. The number of benzene rings is 1. The standard InChI is InChI=1S/C16H25BrN2/c1-12-3-7-15(8-4-12)19(2)16-11-14(17)6-5-13(16)9-10-18/h5-6,11-12,15H,3-4,7-10,18H2,1-2H3. The average molecular weight is 325 g/mol. The van der Waals surface area contributed by atoms with Crippen LogP contribution in [0.3, 0.4) is 0 Å². The van der Waals surface area contributed by atoms with Gasteiger partial charge in [-0.3, -0.25) is 0 Å². The van der Waals surface area contributed by atoms with Crippen LogP contribution in [0.2, 0.25) is 0 Å². The Bertz CT molecular complexity index is 411. The summed E-state index contributed by atoms with van der Waals surface area (Å²) in [6.07, 6.45) is 6.29. The van der Waals surface area contributed by atoms with E-state index in [-0.39, 0.29) is 0 Å². The summed E-state index contributed by atoms with van der Waals surface area (Å²) in [5, 5.41) is 0. The van der Waals surface area contributed by atoms with Crippen LogP contribution in [0.15, 0.2) is 22.7 Å². The summed E-state index contributed by atoms with van der Waals surface area (Å²) in [5.41, 5.74) is 8.45. The minimum atomic E-state index is 0.682. The number of nitrogens with two attached hydrogens (primary N) is 1. The molecule has 1 aliphatic rings. The number of rotatable bonds is 4. The van der Waals surface area contributed by atoms with Gasteiger partial charge in [-0.15, -0.1) is 0 Å². The summed E-state index contributed by atoms with van der Waals surface area (Å²) in [7, 11) is 2.24. The Hall–Kier alpha value is -0.540. The summed E-state index contributed by atoms with van der Waals surface area (Å²) in [6, 6.07) is 7.24. The average Bonchev–Trinajstić information content (AvgIpc) is 2.41. The molecule has 1 saturated carbocycles. The Morgan fingerprint density at radius 1 is 1.26 bits per heavy atom. The predicted octanol–water partition coefficient (Wildman–Crippen LogP) is 3.97. The molecular formula is C16H25BrN2. The van der Waals surface area contributed by atoms with Crippen molar-refractivity contribution in [1.82, 2.24) is 0 Å². The van der Waals surface area contributed by atoms with Crippen LogP contribution in [-0.2, 0) is 6.42 Å². The molecule has 0 amide bonds. The van der Waals surface area contributed by atoms with Crippen molar-refractivity contribution in [1.29, 1.82) is 0 Å². The molecule has 0 atom stereocenters. The van der Waals surface area contributed by atoms with E-state index in [1.54, 1.807) is 0 Å². The molecule has 1 aromatic rings. The van der Waals surface area contributed by atoms with E-state index in [0.29, 0.717) is 12.6 Å². The lowest BCUT2D eigenvalue weighted by Crippen LogP contribution is -2.35. The summed E-state index contributed by atoms with van der Waals surface area (Å²) in [5.74, 6) is 0.899. The topological polar surface area (TPSA) is 29.3 Å². The number of halogens is 1. The highest BCUT2D eigenvalue weighted by Gasteiger charge is 2.23. The Morgan fingerprint density at radius 3 is 2.58 bits per heavy atom. The fourth-order valence-electron chi connectivity index (χ4n) is 3.06. The van der Waals surface area contributed by atoms with E-state index in [2.05, 4.69) is 53.0 Å². The van der Waals surface area contributed by atoms with Gasteiger partial charge in [0.25, 0.3) is 0 Å². The summed E-state index contributed by atoms with van der Waals surface area (Å²) >= 11 is 3.59. The van der Waals surface area contributed by atoms with E-state index < -0.39 is 0 Å². The molecular weight excluding hydrogens is 300 g/mol. The fraction of sp³-hybridized carbons (Fsp3) is 0.625. The van der Waals surface area contributed by atoms with Crippen molar-refractivity contribution in [2.24, 2.45) is 11.7 Å². The van der Waals surface area contributed by atoms with E-state index >= 15 is 0 Å². The van der Waals surface area contributed by atoms with Gasteiger partial charge in [0.15, 0.2) is 0 Å². The van der Waals surface area contributed by atoms with Gasteiger partial charge in [0.05, 0.1) is 0 Å². The lowest BCUT2D eigenvalue weighted by atomic mass is 9.86. The van der Waals surface area contributed by atoms with Crippen molar-refractivity contribution in [3.63, 3.8) is 0 Å². The molecule has 0 bridgehead atoms. The van der Waals surface area contributed by atoms with Crippen LogP contribution >= 0.6 is 15.9 Å². The molecule has 0 spiro atoms. The normalized spacial score (nSPS) is 23.4. The van der Waals surface area contributed by atoms with Crippen LogP contribution in [0.4, 0.5) is 5.69 Å². The van der Waals surface area contributed by atoms with Gasteiger partial charge in [0.2, 0.25) is 0 Å². The molecule has 1 fully saturated rings. The van der Waals surface area contributed by atoms with Crippen molar-refractivity contribution >= 4 is 21.6 Å². The van der Waals surface area contributed by atoms with Gasteiger partial charge in [0, 0.05) is 23.2 Å². The number of hydrogen-bond acceptors (Lipinski definition) is 2. The zero-order valence-corrected chi connectivity index (χ0v) is 13.6. The first kappa shape index (κ1) is 14.9. The molecule has 0 radical (unpaired) electrons. The highest BCUT2D eigenvalue weighted by atomic mass is 79.9. The molecule has 2 nitrogen and oxygen atoms in total. The van der Waals surface area contributed by atoms with Crippen LogP contribution in [-0.4, -0.2) is 19.6 Å².